The summed E-state index contributed by atoms with van der Waals surface area (Å²) in [5.41, 5.74) is 0.987. The molecule has 0 spiro atoms. The third kappa shape index (κ3) is 4.65. The maximum absolute atomic E-state index is 13.3. The van der Waals surface area contributed by atoms with Crippen LogP contribution < -0.4 is 10.6 Å². The molecule has 0 saturated carbocycles. The van der Waals surface area contributed by atoms with Crippen LogP contribution in [0, 0.1) is 11.8 Å². The van der Waals surface area contributed by atoms with Crippen LogP contribution in [0.25, 0.3) is 0 Å². The summed E-state index contributed by atoms with van der Waals surface area (Å²) in [6.45, 7) is 8.10. The lowest BCUT2D eigenvalue weighted by Gasteiger charge is -2.33. The molecule has 2 aromatic carbocycles. The molecule has 16 heteroatoms. The standard InChI is InChI=1S/C30H36N6O8S2/c1-5-33(6-2)45(41,42)19-13-9-17(10-14-19)23-21-25(29(39)31-27(21)37)36-24(22-26(35(23)36)30(40)32-28(22)38)18-11-15-20(16-12-18)46(43,44)34(7-3)8-4/h9-16,21-26H,5-8H2,1-4H3,(H,31,37,39)(H,32,38,40). The summed E-state index contributed by atoms with van der Waals surface area (Å²) in [6, 6.07) is 8.16. The number of imide groups is 2. The fraction of sp³-hybridized carbons (Fsp3) is 0.467. The number of carbonyl (C=O) groups excluding carboxylic acids is 4. The maximum Gasteiger partial charge on any atom is 0.246 e. The van der Waals surface area contributed by atoms with Gasteiger partial charge < -0.3 is 0 Å². The molecule has 4 saturated heterocycles. The molecule has 2 N–H and O–H groups in total. The molecule has 4 aliphatic rings. The number of nitrogens with zero attached hydrogens (tertiary/aromatic N) is 4. The molecule has 246 valence electrons. The number of rotatable bonds is 10. The van der Waals surface area contributed by atoms with Gasteiger partial charge in [-0.15, -0.1) is 0 Å². The van der Waals surface area contributed by atoms with Gasteiger partial charge in [-0.25, -0.2) is 26.9 Å². The van der Waals surface area contributed by atoms with Crippen molar-refractivity contribution in [2.24, 2.45) is 11.8 Å². The van der Waals surface area contributed by atoms with E-state index in [4.69, 9.17) is 0 Å². The summed E-state index contributed by atoms with van der Waals surface area (Å²) in [5.74, 6) is -4.19. The molecular formula is C30H36N6O8S2. The van der Waals surface area contributed by atoms with Crippen molar-refractivity contribution in [3.8, 4) is 0 Å². The zero-order valence-electron chi connectivity index (χ0n) is 25.8. The van der Waals surface area contributed by atoms with Crippen LogP contribution in [-0.2, 0) is 39.2 Å². The summed E-state index contributed by atoms with van der Waals surface area (Å²) >= 11 is 0. The molecule has 6 rings (SSSR count). The van der Waals surface area contributed by atoms with Crippen molar-refractivity contribution >= 4 is 43.7 Å². The second-order valence-electron chi connectivity index (χ2n) is 11.6. The molecule has 46 heavy (non-hydrogen) atoms. The summed E-state index contributed by atoms with van der Waals surface area (Å²) in [4.78, 5) is 53.4. The average molecular weight is 673 g/mol. The fourth-order valence-corrected chi connectivity index (χ4v) is 10.4. The number of fused-ring (bicyclic) bond motifs is 5. The molecule has 0 aromatic heterocycles. The van der Waals surface area contributed by atoms with Crippen LogP contribution in [0.1, 0.15) is 50.9 Å². The number of nitrogens with one attached hydrogen (secondary N) is 2. The number of carbonyl (C=O) groups is 4. The molecule has 4 fully saturated rings. The van der Waals surface area contributed by atoms with E-state index in [2.05, 4.69) is 10.6 Å². The van der Waals surface area contributed by atoms with Crippen LogP contribution >= 0.6 is 0 Å². The van der Waals surface area contributed by atoms with Gasteiger partial charge in [0.25, 0.3) is 0 Å². The van der Waals surface area contributed by atoms with Crippen molar-refractivity contribution in [3.63, 3.8) is 0 Å². The van der Waals surface area contributed by atoms with Crippen molar-refractivity contribution in [2.75, 3.05) is 26.2 Å². The number of sulfonamides is 2. The van der Waals surface area contributed by atoms with Crippen LogP contribution in [0.2, 0.25) is 0 Å². The summed E-state index contributed by atoms with van der Waals surface area (Å²) in [6.07, 6.45) is 0. The molecule has 4 heterocycles. The van der Waals surface area contributed by atoms with Gasteiger partial charge in [-0.2, -0.15) is 8.61 Å². The first-order chi connectivity index (χ1) is 21.8. The lowest BCUT2D eigenvalue weighted by atomic mass is 9.84. The molecule has 0 aliphatic carbocycles. The van der Waals surface area contributed by atoms with Gasteiger partial charge in [0.2, 0.25) is 43.7 Å². The summed E-state index contributed by atoms with van der Waals surface area (Å²) in [5, 5.41) is 8.03. The van der Waals surface area contributed by atoms with Crippen molar-refractivity contribution in [2.45, 2.75) is 61.7 Å². The van der Waals surface area contributed by atoms with E-state index in [0.29, 0.717) is 11.1 Å². The first kappa shape index (κ1) is 32.4. The Hall–Kier alpha value is -3.54. The minimum atomic E-state index is -3.77. The molecule has 6 unspecified atom stereocenters. The third-order valence-corrected chi connectivity index (χ3v) is 13.7. The highest BCUT2D eigenvalue weighted by atomic mass is 32.2. The number of hydrogen-bond acceptors (Lipinski definition) is 10. The van der Waals surface area contributed by atoms with Crippen molar-refractivity contribution in [1.82, 2.24) is 29.3 Å². The Labute approximate surface area is 267 Å². The van der Waals surface area contributed by atoms with Gasteiger partial charge in [-0.1, -0.05) is 52.0 Å². The molecule has 6 atom stereocenters. The predicted molar refractivity (Wildman–Crippen MR) is 163 cm³/mol. The van der Waals surface area contributed by atoms with Crippen LogP contribution in [0.15, 0.2) is 58.3 Å². The van der Waals surface area contributed by atoms with Gasteiger partial charge in [0.15, 0.2) is 0 Å². The van der Waals surface area contributed by atoms with Crippen LogP contribution in [0.4, 0.5) is 0 Å². The van der Waals surface area contributed by atoms with E-state index in [9.17, 15) is 36.0 Å². The normalized spacial score (nSPS) is 28.1. The van der Waals surface area contributed by atoms with E-state index in [1.807, 2.05) is 0 Å². The lowest BCUT2D eigenvalue weighted by molar-refractivity contribution is -0.139. The van der Waals surface area contributed by atoms with E-state index in [-0.39, 0.29) is 36.0 Å². The van der Waals surface area contributed by atoms with Gasteiger partial charge in [-0.05, 0) is 35.4 Å². The third-order valence-electron chi connectivity index (χ3n) is 9.53. The van der Waals surface area contributed by atoms with E-state index >= 15 is 0 Å². The van der Waals surface area contributed by atoms with E-state index in [1.54, 1.807) is 62.0 Å². The zero-order valence-corrected chi connectivity index (χ0v) is 27.4. The smallest absolute Gasteiger partial charge is 0.246 e. The topological polar surface area (TPSA) is 174 Å². The SMILES string of the molecule is CCN(CC)S(=O)(=O)c1ccc(C2C3C(=O)NC(=O)C3N3C(c4ccc(S(=O)(=O)N(CC)CC)cc4)C4C(=O)NC(=O)C4N23)cc1. The largest absolute Gasteiger partial charge is 0.295 e. The maximum atomic E-state index is 13.3. The van der Waals surface area contributed by atoms with Crippen LogP contribution in [0.3, 0.4) is 0 Å². The first-order valence-electron chi connectivity index (χ1n) is 15.3. The Morgan fingerprint density at radius 3 is 1.11 bits per heavy atom. The van der Waals surface area contributed by atoms with E-state index < -0.39 is 79.7 Å². The molecule has 0 radical (unpaired) electrons. The van der Waals surface area contributed by atoms with Crippen molar-refractivity contribution in [3.05, 3.63) is 59.7 Å². The Morgan fingerprint density at radius 2 is 0.826 bits per heavy atom. The Morgan fingerprint density at radius 1 is 0.522 bits per heavy atom. The highest BCUT2D eigenvalue weighted by Gasteiger charge is 2.71. The summed E-state index contributed by atoms with van der Waals surface area (Å²) < 4.78 is 55.2. The summed E-state index contributed by atoms with van der Waals surface area (Å²) in [7, 11) is -7.55. The predicted octanol–water partition coefficient (Wildman–Crippen LogP) is 0.359. The number of amides is 4. The van der Waals surface area contributed by atoms with Gasteiger partial charge in [0, 0.05) is 26.2 Å². The number of hydrazine groups is 1. The van der Waals surface area contributed by atoms with E-state index in [0.717, 1.165) is 0 Å². The number of hydrogen-bond donors (Lipinski definition) is 2. The van der Waals surface area contributed by atoms with Crippen LogP contribution in [0.5, 0.6) is 0 Å². The monoisotopic (exact) mass is 672 g/mol. The minimum Gasteiger partial charge on any atom is -0.295 e. The average Bonchev–Trinajstić information content (AvgIpc) is 3.71. The van der Waals surface area contributed by atoms with Gasteiger partial charge in [-0.3, -0.25) is 29.8 Å². The van der Waals surface area contributed by atoms with E-state index in [1.165, 1.54) is 32.9 Å². The number of benzene rings is 2. The van der Waals surface area contributed by atoms with Gasteiger partial charge in [0.1, 0.15) is 12.1 Å². The van der Waals surface area contributed by atoms with Crippen molar-refractivity contribution < 1.29 is 36.0 Å². The molecule has 0 bridgehead atoms. The Bertz CT molecular complexity index is 1670. The second-order valence-corrected chi connectivity index (χ2v) is 15.5. The lowest BCUT2D eigenvalue weighted by Crippen LogP contribution is -2.48. The molecule has 4 aliphatic heterocycles. The van der Waals surface area contributed by atoms with Crippen molar-refractivity contribution in [1.29, 1.82) is 0 Å². The fourth-order valence-electron chi connectivity index (χ4n) is 7.44. The first-order valence-corrected chi connectivity index (χ1v) is 18.2. The van der Waals surface area contributed by atoms with Gasteiger partial charge >= 0.3 is 0 Å². The minimum absolute atomic E-state index is 0.0593. The molecule has 4 amide bonds. The zero-order chi connectivity index (χ0) is 33.3. The van der Waals surface area contributed by atoms with Gasteiger partial charge in [0.05, 0.1) is 33.7 Å². The molecule has 14 nitrogen and oxygen atoms in total. The Kier molecular flexibility index (Phi) is 8.18. The molecular weight excluding hydrogens is 636 g/mol. The highest BCUT2D eigenvalue weighted by Crippen LogP contribution is 2.57. The molecule has 2 aromatic rings. The Balaban J connectivity index is 1.44. The second kappa shape index (κ2) is 11.6. The quantitative estimate of drug-likeness (QED) is 0.336. The highest BCUT2D eigenvalue weighted by molar-refractivity contribution is 7.89. The van der Waals surface area contributed by atoms with Crippen LogP contribution in [-0.4, -0.2) is 97.4 Å².